The average molecular weight is 613 g/mol. The summed E-state index contributed by atoms with van der Waals surface area (Å²) < 4.78 is 0. The minimum atomic E-state index is -0.0615. The van der Waals surface area contributed by atoms with Crippen LogP contribution in [0.15, 0.2) is 164 Å². The minimum absolute atomic E-state index is 0.0615. The van der Waals surface area contributed by atoms with Crippen molar-refractivity contribution in [2.75, 3.05) is 0 Å². The van der Waals surface area contributed by atoms with Crippen LogP contribution in [0.5, 0.6) is 0 Å². The lowest BCUT2D eigenvalue weighted by Gasteiger charge is -2.27. The van der Waals surface area contributed by atoms with Gasteiger partial charge in [-0.15, -0.1) is 0 Å². The first-order valence-corrected chi connectivity index (χ1v) is 16.9. The molecule has 9 rings (SSSR count). The van der Waals surface area contributed by atoms with Crippen LogP contribution in [0.1, 0.15) is 26.3 Å². The van der Waals surface area contributed by atoms with Gasteiger partial charge in [0.25, 0.3) is 0 Å². The maximum atomic E-state index is 2.47. The molecule has 48 heavy (non-hydrogen) atoms. The van der Waals surface area contributed by atoms with E-state index in [2.05, 4.69) is 185 Å². The molecule has 0 heterocycles. The van der Waals surface area contributed by atoms with Crippen LogP contribution in [0, 0.1) is 0 Å². The Morgan fingerprint density at radius 3 is 1.44 bits per heavy atom. The fourth-order valence-electron chi connectivity index (χ4n) is 8.13. The Balaban J connectivity index is 1.35. The van der Waals surface area contributed by atoms with Gasteiger partial charge in [0.2, 0.25) is 0 Å². The zero-order valence-corrected chi connectivity index (χ0v) is 27.6. The molecule has 9 aromatic carbocycles. The third-order valence-electron chi connectivity index (χ3n) is 10.1. The first-order valence-electron chi connectivity index (χ1n) is 16.9. The van der Waals surface area contributed by atoms with Crippen molar-refractivity contribution in [3.63, 3.8) is 0 Å². The molecule has 0 fully saturated rings. The molecule has 0 saturated heterocycles. The van der Waals surface area contributed by atoms with Crippen LogP contribution in [0.3, 0.4) is 0 Å². The number of fused-ring (bicyclic) bond motifs is 5. The van der Waals surface area contributed by atoms with E-state index in [0.717, 1.165) is 0 Å². The molecule has 0 atom stereocenters. The van der Waals surface area contributed by atoms with Crippen LogP contribution in [0.2, 0.25) is 0 Å². The average Bonchev–Trinajstić information content (AvgIpc) is 3.12. The van der Waals surface area contributed by atoms with Gasteiger partial charge in [0.1, 0.15) is 0 Å². The fourth-order valence-corrected chi connectivity index (χ4v) is 8.13. The predicted molar refractivity (Wildman–Crippen MR) is 209 cm³/mol. The Hall–Kier alpha value is -5.72. The second-order valence-electron chi connectivity index (χ2n) is 14.1. The molecule has 228 valence electrons. The molecule has 0 nitrogen and oxygen atoms in total. The summed E-state index contributed by atoms with van der Waals surface area (Å²) >= 11 is 0. The van der Waals surface area contributed by atoms with Crippen molar-refractivity contribution in [1.82, 2.24) is 0 Å². The third kappa shape index (κ3) is 4.44. The molecule has 0 aliphatic carbocycles. The Morgan fingerprint density at radius 2 is 0.771 bits per heavy atom. The second-order valence-corrected chi connectivity index (χ2v) is 14.1. The zero-order chi connectivity index (χ0) is 32.4. The Bertz CT molecular complexity index is 2690. The summed E-state index contributed by atoms with van der Waals surface area (Å²) in [7, 11) is 0. The summed E-state index contributed by atoms with van der Waals surface area (Å²) in [5, 5.41) is 12.9. The van der Waals surface area contributed by atoms with E-state index in [1.807, 2.05) is 0 Å². The Labute approximate surface area is 281 Å². The molecule has 0 aliphatic rings. The molecule has 0 spiro atoms. The van der Waals surface area contributed by atoms with Crippen molar-refractivity contribution in [1.29, 1.82) is 0 Å². The normalized spacial score (nSPS) is 12.1. The zero-order valence-electron chi connectivity index (χ0n) is 27.6. The van der Waals surface area contributed by atoms with Crippen molar-refractivity contribution < 1.29 is 0 Å². The highest BCUT2D eigenvalue weighted by molar-refractivity contribution is 6.20. The second kappa shape index (κ2) is 10.9. The molecular weight excluding hydrogens is 577 g/mol. The van der Waals surface area contributed by atoms with Crippen molar-refractivity contribution in [3.05, 3.63) is 169 Å². The highest BCUT2D eigenvalue weighted by atomic mass is 14.3. The van der Waals surface area contributed by atoms with Crippen LogP contribution in [0.4, 0.5) is 0 Å². The van der Waals surface area contributed by atoms with Gasteiger partial charge in [-0.25, -0.2) is 0 Å². The van der Waals surface area contributed by atoms with Crippen molar-refractivity contribution in [2.24, 2.45) is 0 Å². The number of rotatable bonds is 3. The van der Waals surface area contributed by atoms with E-state index in [1.165, 1.54) is 92.8 Å². The first-order chi connectivity index (χ1) is 23.5. The van der Waals surface area contributed by atoms with Gasteiger partial charge in [-0.1, -0.05) is 178 Å². The first kappa shape index (κ1) is 28.5. The van der Waals surface area contributed by atoms with Crippen LogP contribution >= 0.6 is 0 Å². The standard InChI is InChI=1S/C48H36/c1-48(2,3)47-44-23-11-10-22-42(44)46(41-25-13-17-32-15-5-7-19-35(32)41)43-27-26-33(30-45(43)47)36-28-29-40(39-21-9-8-20-37(36)39)38-24-12-16-31-14-4-6-18-34(31)38/h4-30H,1-3H3. The van der Waals surface area contributed by atoms with Gasteiger partial charge in [0, 0.05) is 0 Å². The minimum Gasteiger partial charge on any atom is -0.0616 e. The molecule has 0 unspecified atom stereocenters. The number of hydrogen-bond donors (Lipinski definition) is 0. The van der Waals surface area contributed by atoms with E-state index in [1.54, 1.807) is 0 Å². The molecule has 0 aliphatic heterocycles. The van der Waals surface area contributed by atoms with E-state index in [9.17, 15) is 0 Å². The van der Waals surface area contributed by atoms with Gasteiger partial charge in [-0.2, -0.15) is 0 Å². The van der Waals surface area contributed by atoms with Gasteiger partial charge >= 0.3 is 0 Å². The van der Waals surface area contributed by atoms with Crippen LogP contribution < -0.4 is 0 Å². The maximum absolute atomic E-state index is 2.47. The predicted octanol–water partition coefficient (Wildman–Crippen LogP) is 13.8. The molecule has 0 amide bonds. The number of hydrogen-bond acceptors (Lipinski definition) is 0. The van der Waals surface area contributed by atoms with E-state index in [-0.39, 0.29) is 5.41 Å². The quantitative estimate of drug-likeness (QED) is 0.174. The molecular formula is C48H36. The maximum Gasteiger partial charge on any atom is -0.00204 e. The molecule has 0 N–H and O–H groups in total. The van der Waals surface area contributed by atoms with Crippen molar-refractivity contribution in [3.8, 4) is 33.4 Å². The SMILES string of the molecule is CC(C)(C)c1c2ccccc2c(-c2cccc3ccccc23)c2ccc(-c3ccc(-c4cccc5ccccc45)c4ccccc34)cc12. The number of benzene rings is 9. The summed E-state index contributed by atoms with van der Waals surface area (Å²) in [6.07, 6.45) is 0. The van der Waals surface area contributed by atoms with E-state index in [4.69, 9.17) is 0 Å². The molecule has 0 bridgehead atoms. The Morgan fingerprint density at radius 1 is 0.312 bits per heavy atom. The summed E-state index contributed by atoms with van der Waals surface area (Å²) in [5.74, 6) is 0. The van der Waals surface area contributed by atoms with E-state index >= 15 is 0 Å². The fraction of sp³-hybridized carbons (Fsp3) is 0.0833. The topological polar surface area (TPSA) is 0 Å². The van der Waals surface area contributed by atoms with Gasteiger partial charge in [0.15, 0.2) is 0 Å². The van der Waals surface area contributed by atoms with E-state index in [0.29, 0.717) is 0 Å². The lowest BCUT2D eigenvalue weighted by molar-refractivity contribution is 0.601. The summed E-state index contributed by atoms with van der Waals surface area (Å²) in [6, 6.07) is 60.6. The lowest BCUT2D eigenvalue weighted by atomic mass is 9.77. The highest BCUT2D eigenvalue weighted by Gasteiger charge is 2.24. The molecule has 9 aromatic rings. The van der Waals surface area contributed by atoms with Crippen LogP contribution in [0.25, 0.3) is 87.2 Å². The van der Waals surface area contributed by atoms with Crippen molar-refractivity contribution in [2.45, 2.75) is 26.2 Å². The van der Waals surface area contributed by atoms with Gasteiger partial charge < -0.3 is 0 Å². The van der Waals surface area contributed by atoms with Crippen molar-refractivity contribution >= 4 is 53.9 Å². The lowest BCUT2D eigenvalue weighted by Crippen LogP contribution is -2.13. The van der Waals surface area contributed by atoms with Crippen LogP contribution in [-0.4, -0.2) is 0 Å². The highest BCUT2D eigenvalue weighted by Crippen LogP contribution is 2.47. The molecule has 0 radical (unpaired) electrons. The summed E-state index contributed by atoms with van der Waals surface area (Å²) in [6.45, 7) is 7.06. The van der Waals surface area contributed by atoms with Crippen LogP contribution in [-0.2, 0) is 5.41 Å². The van der Waals surface area contributed by atoms with E-state index < -0.39 is 0 Å². The van der Waals surface area contributed by atoms with Gasteiger partial charge in [-0.05, 0) is 104 Å². The molecule has 0 heteroatoms. The third-order valence-corrected chi connectivity index (χ3v) is 10.1. The monoisotopic (exact) mass is 612 g/mol. The molecule has 0 saturated carbocycles. The smallest absolute Gasteiger partial charge is 0.00204 e. The van der Waals surface area contributed by atoms with Gasteiger partial charge in [-0.3, -0.25) is 0 Å². The summed E-state index contributed by atoms with van der Waals surface area (Å²) in [4.78, 5) is 0. The van der Waals surface area contributed by atoms with Gasteiger partial charge in [0.05, 0.1) is 0 Å². The largest absolute Gasteiger partial charge is 0.0616 e. The summed E-state index contributed by atoms with van der Waals surface area (Å²) in [5.41, 5.74) is 8.98. The Kier molecular flexibility index (Phi) is 6.49. The molecule has 0 aromatic heterocycles.